The molecule has 2 heteroatoms. The van der Waals surface area contributed by atoms with E-state index in [1.165, 1.54) is 82.0 Å². The van der Waals surface area contributed by atoms with E-state index in [4.69, 9.17) is 0 Å². The van der Waals surface area contributed by atoms with Crippen LogP contribution < -0.4 is 0 Å². The highest BCUT2D eigenvalue weighted by atomic mass is 16.3. The lowest BCUT2D eigenvalue weighted by Gasteiger charge is -2.54. The molecule has 0 unspecified atom stereocenters. The van der Waals surface area contributed by atoms with Gasteiger partial charge in [0.15, 0.2) is 0 Å². The van der Waals surface area contributed by atoms with E-state index in [-0.39, 0.29) is 0 Å². The first-order valence-corrected chi connectivity index (χ1v) is 9.81. The van der Waals surface area contributed by atoms with Gasteiger partial charge in [-0.3, -0.25) is 4.90 Å². The summed E-state index contributed by atoms with van der Waals surface area (Å²) in [4.78, 5) is 2.82. The number of hydrogen-bond acceptors (Lipinski definition) is 2. The average Bonchev–Trinajstić information content (AvgIpc) is 3.00. The normalized spacial score (nSPS) is 32.6. The molecule has 0 amide bonds. The highest BCUT2D eigenvalue weighted by Gasteiger charge is 2.55. The van der Waals surface area contributed by atoms with Crippen molar-refractivity contribution in [3.05, 3.63) is 29.3 Å². The lowest BCUT2D eigenvalue weighted by atomic mass is 9.59. The molecule has 3 aliphatic rings. The minimum absolute atomic E-state index is 0.386. The number of likely N-dealkylation sites (tertiary alicyclic amines) is 1. The first kappa shape index (κ1) is 15.5. The molecule has 2 nitrogen and oxygen atoms in total. The molecule has 126 valence electrons. The number of nitrogens with zero attached hydrogens (tertiary/aromatic N) is 1. The predicted molar refractivity (Wildman–Crippen MR) is 94.9 cm³/mol. The summed E-state index contributed by atoms with van der Waals surface area (Å²) in [7, 11) is 0. The number of aromatic hydroxyl groups is 1. The maximum Gasteiger partial charge on any atom is 0.115 e. The standard InChI is InChI=1S/C21H31NO/c1-2-3-4-5-12-22-13-11-21-10-6-7-18(21)20(22)14-16-8-9-17(23)15-19(16)21/h8-9,15,18,20,23H,2-7,10-14H2,1H3/t18-,20+,21+/m0/s1. The lowest BCUT2D eigenvalue weighted by Crippen LogP contribution is -2.58. The molecule has 23 heavy (non-hydrogen) atoms. The zero-order valence-electron chi connectivity index (χ0n) is 14.6. The first-order chi connectivity index (χ1) is 11.2. The van der Waals surface area contributed by atoms with Crippen molar-refractivity contribution in [1.29, 1.82) is 0 Å². The molecule has 1 N–H and O–H groups in total. The Bertz CT molecular complexity index is 569. The number of phenols is 1. The minimum atomic E-state index is 0.386. The second-order valence-corrected chi connectivity index (χ2v) is 8.11. The van der Waals surface area contributed by atoms with E-state index in [1.807, 2.05) is 6.07 Å². The predicted octanol–water partition coefficient (Wildman–Crippen LogP) is 4.64. The van der Waals surface area contributed by atoms with Crippen LogP contribution in [-0.2, 0) is 11.8 Å². The molecule has 4 rings (SSSR count). The van der Waals surface area contributed by atoms with Gasteiger partial charge in [0, 0.05) is 11.5 Å². The maximum absolute atomic E-state index is 10.0. The summed E-state index contributed by atoms with van der Waals surface area (Å²) in [5, 5.41) is 10.0. The Labute approximate surface area is 140 Å². The molecule has 0 spiro atoms. The number of benzene rings is 1. The Balaban J connectivity index is 1.59. The highest BCUT2D eigenvalue weighted by Crippen LogP contribution is 2.57. The number of phenolic OH excluding ortho intramolecular Hbond substituents is 1. The topological polar surface area (TPSA) is 23.5 Å². The van der Waals surface area contributed by atoms with Gasteiger partial charge in [-0.25, -0.2) is 0 Å². The van der Waals surface area contributed by atoms with Gasteiger partial charge in [-0.15, -0.1) is 0 Å². The quantitative estimate of drug-likeness (QED) is 0.800. The van der Waals surface area contributed by atoms with Crippen LogP contribution in [0.4, 0.5) is 0 Å². The molecular formula is C21H31NO. The van der Waals surface area contributed by atoms with Gasteiger partial charge >= 0.3 is 0 Å². The summed E-state index contributed by atoms with van der Waals surface area (Å²) < 4.78 is 0. The molecule has 1 saturated heterocycles. The van der Waals surface area contributed by atoms with Crippen LogP contribution in [-0.4, -0.2) is 29.1 Å². The van der Waals surface area contributed by atoms with E-state index >= 15 is 0 Å². The molecule has 1 aliphatic heterocycles. The van der Waals surface area contributed by atoms with Gasteiger partial charge in [-0.05, 0) is 74.4 Å². The van der Waals surface area contributed by atoms with Crippen LogP contribution in [0, 0.1) is 5.92 Å². The Morgan fingerprint density at radius 1 is 1.22 bits per heavy atom. The van der Waals surface area contributed by atoms with Crippen LogP contribution in [0.3, 0.4) is 0 Å². The number of unbranched alkanes of at least 4 members (excludes halogenated alkanes) is 3. The van der Waals surface area contributed by atoms with Crippen molar-refractivity contribution in [3.63, 3.8) is 0 Å². The van der Waals surface area contributed by atoms with E-state index in [0.717, 1.165) is 12.0 Å². The van der Waals surface area contributed by atoms with Gasteiger partial charge in [0.05, 0.1) is 0 Å². The Hall–Kier alpha value is -1.02. The zero-order valence-corrected chi connectivity index (χ0v) is 14.6. The van der Waals surface area contributed by atoms with Crippen LogP contribution >= 0.6 is 0 Å². The maximum atomic E-state index is 10.0. The van der Waals surface area contributed by atoms with Gasteiger partial charge in [-0.1, -0.05) is 38.7 Å². The molecule has 1 saturated carbocycles. The Kier molecular flexibility index (Phi) is 4.13. The largest absolute Gasteiger partial charge is 0.508 e. The number of rotatable bonds is 5. The Morgan fingerprint density at radius 2 is 2.13 bits per heavy atom. The summed E-state index contributed by atoms with van der Waals surface area (Å²) in [6, 6.07) is 6.95. The van der Waals surface area contributed by atoms with Gasteiger partial charge in [0.25, 0.3) is 0 Å². The second kappa shape index (κ2) is 6.12. The van der Waals surface area contributed by atoms with Crippen LogP contribution in [0.1, 0.15) is 69.4 Å². The number of piperidine rings is 1. The van der Waals surface area contributed by atoms with E-state index in [1.54, 1.807) is 0 Å². The smallest absolute Gasteiger partial charge is 0.115 e. The zero-order chi connectivity index (χ0) is 15.9. The van der Waals surface area contributed by atoms with Gasteiger partial charge in [0.2, 0.25) is 0 Å². The molecule has 0 aromatic heterocycles. The van der Waals surface area contributed by atoms with E-state index in [0.29, 0.717) is 11.2 Å². The van der Waals surface area contributed by atoms with Crippen LogP contribution in [0.15, 0.2) is 18.2 Å². The van der Waals surface area contributed by atoms with Crippen molar-refractivity contribution in [2.75, 3.05) is 13.1 Å². The molecule has 2 bridgehead atoms. The molecule has 2 fully saturated rings. The summed E-state index contributed by atoms with van der Waals surface area (Å²) in [6.45, 7) is 4.86. The fraction of sp³-hybridized carbons (Fsp3) is 0.714. The fourth-order valence-electron chi connectivity index (χ4n) is 5.92. The summed E-state index contributed by atoms with van der Waals surface area (Å²) in [5.74, 6) is 1.29. The molecular weight excluding hydrogens is 282 g/mol. The average molecular weight is 313 g/mol. The highest BCUT2D eigenvalue weighted by molar-refractivity contribution is 5.45. The van der Waals surface area contributed by atoms with Gasteiger partial charge in [0.1, 0.15) is 5.75 Å². The Morgan fingerprint density at radius 3 is 3.00 bits per heavy atom. The number of fused-ring (bicyclic) bond motifs is 1. The third-order valence-electron chi connectivity index (χ3n) is 6.98. The lowest BCUT2D eigenvalue weighted by molar-refractivity contribution is 0.0302. The minimum Gasteiger partial charge on any atom is -0.508 e. The van der Waals surface area contributed by atoms with E-state index in [2.05, 4.69) is 24.0 Å². The van der Waals surface area contributed by atoms with Crippen LogP contribution in [0.25, 0.3) is 0 Å². The first-order valence-electron chi connectivity index (χ1n) is 9.81. The van der Waals surface area contributed by atoms with Gasteiger partial charge in [-0.2, -0.15) is 0 Å². The third-order valence-corrected chi connectivity index (χ3v) is 6.98. The molecule has 2 aliphatic carbocycles. The van der Waals surface area contributed by atoms with Crippen molar-refractivity contribution < 1.29 is 5.11 Å². The van der Waals surface area contributed by atoms with Crippen molar-refractivity contribution in [1.82, 2.24) is 4.90 Å². The van der Waals surface area contributed by atoms with Crippen molar-refractivity contribution in [3.8, 4) is 5.75 Å². The fourth-order valence-corrected chi connectivity index (χ4v) is 5.92. The van der Waals surface area contributed by atoms with Crippen LogP contribution in [0.5, 0.6) is 5.75 Å². The molecule has 0 radical (unpaired) electrons. The van der Waals surface area contributed by atoms with Crippen molar-refractivity contribution >= 4 is 0 Å². The monoisotopic (exact) mass is 313 g/mol. The van der Waals surface area contributed by atoms with Gasteiger partial charge < -0.3 is 5.11 Å². The molecule has 1 aromatic rings. The molecule has 1 heterocycles. The van der Waals surface area contributed by atoms with Crippen molar-refractivity contribution in [2.45, 2.75) is 76.2 Å². The number of hydrogen-bond donors (Lipinski definition) is 1. The summed E-state index contributed by atoms with van der Waals surface area (Å²) >= 11 is 0. The molecule has 3 atom stereocenters. The summed E-state index contributed by atoms with van der Waals surface area (Å²) in [6.07, 6.45) is 12.1. The second-order valence-electron chi connectivity index (χ2n) is 8.11. The molecule has 1 aromatic carbocycles. The SMILES string of the molecule is CCCCCCN1CC[C@]23CCC[C@H]2[C@H]1Cc1ccc(O)cc13. The van der Waals surface area contributed by atoms with E-state index < -0.39 is 0 Å². The van der Waals surface area contributed by atoms with E-state index in [9.17, 15) is 5.11 Å². The van der Waals surface area contributed by atoms with Crippen LogP contribution in [0.2, 0.25) is 0 Å². The van der Waals surface area contributed by atoms with Crippen molar-refractivity contribution in [2.24, 2.45) is 5.92 Å². The third kappa shape index (κ3) is 2.50. The summed E-state index contributed by atoms with van der Waals surface area (Å²) in [5.41, 5.74) is 3.41.